The highest BCUT2D eigenvalue weighted by molar-refractivity contribution is 7.73. The first kappa shape index (κ1) is 83.2. The second-order valence-corrected chi connectivity index (χ2v) is 31.3. The second kappa shape index (κ2) is 39.0. The molecule has 91 heavy (non-hydrogen) atoms. The molecule has 0 aliphatic rings. The molecule has 30 nitrogen and oxygen atoms in total. The molecule has 8 aromatic rings. The lowest BCUT2D eigenvalue weighted by molar-refractivity contribution is 0.224. The minimum atomic E-state index is -5.05. The Morgan fingerprint density at radius 3 is 0.659 bits per heavy atom. The van der Waals surface area contributed by atoms with Gasteiger partial charge in [-0.1, -0.05) is 109 Å². The third-order valence-corrected chi connectivity index (χ3v) is 17.6. The molecule has 0 bridgehead atoms. The lowest BCUT2D eigenvalue weighted by atomic mass is 10.3. The number of ether oxygens (including phenoxy) is 2. The summed E-state index contributed by atoms with van der Waals surface area (Å²) in [7, 11) is -33.8. The Bertz CT molecular complexity index is 3620. The van der Waals surface area contributed by atoms with Crippen molar-refractivity contribution in [3.63, 3.8) is 0 Å². The first-order valence-electron chi connectivity index (χ1n) is 24.5. The van der Waals surface area contributed by atoms with Gasteiger partial charge in [-0.15, -0.1) is 0 Å². The molecule has 0 saturated heterocycles. The number of para-hydroxylation sites is 3. The summed E-state index contributed by atoms with van der Waals surface area (Å²) in [6, 6.07) is 64.1. The summed E-state index contributed by atoms with van der Waals surface area (Å²) < 4.78 is 123. The third kappa shape index (κ3) is 41.4. The van der Waals surface area contributed by atoms with Crippen LogP contribution in [0.3, 0.4) is 0 Å². The minimum Gasteiger partial charge on any atom is -0.497 e. The van der Waals surface area contributed by atoms with Crippen molar-refractivity contribution in [1.29, 1.82) is 0 Å². The number of benzene rings is 8. The Kier molecular flexibility index (Phi) is 35.7. The zero-order chi connectivity index (χ0) is 69.4. The van der Waals surface area contributed by atoms with Crippen LogP contribution >= 0.6 is 68.8 Å². The standard InChI is InChI=1S/C14H15O4P.C13H13O3P.C12H11O2P.C6H7O4P.C6H7O3P.CH5O3P.H4O7P2.H3O4P/c1-17-11-3-7-13(8-4-11)19(15,16)14-9-5-12(18-2)6-10-14;1-17(14,15-12-8-4-2-5-9-12)16-13-10-6-3-7-11-13;13-15(14,11-7-3-1-4-8-11)12-9-5-2-6-10-12;7-11(8,9)10-6-4-2-1-3-5-6;7-10(8,9)6-4-2-1-3-5-6;1-5(2,3)4;1-8(2,3)7-9(4,5)6;1-5(2,3)4/h3-10H,1-2H3,(H,15,16);2-11H,1H3;1-10H,(H,13,14);1-5H,(H2,7,8,9);1-5H,(H2,7,8,9);1H3,(H2,2,3,4);(H2,1,2,3)(H2,4,5,6);(H3,1,2,3,4). The van der Waals surface area contributed by atoms with Crippen LogP contribution in [0.25, 0.3) is 0 Å². The van der Waals surface area contributed by atoms with Crippen molar-refractivity contribution < 1.29 is 142 Å². The van der Waals surface area contributed by atoms with E-state index < -0.39 is 68.8 Å². The molecule has 8 rings (SSSR count). The molecule has 0 spiro atoms. The zero-order valence-corrected chi connectivity index (χ0v) is 55.8. The summed E-state index contributed by atoms with van der Waals surface area (Å²) in [5, 5.41) is 1.75. The lowest BCUT2D eigenvalue weighted by Crippen LogP contribution is -2.15. The monoisotopic (exact) mass is 1450 g/mol. The van der Waals surface area contributed by atoms with Gasteiger partial charge in [0, 0.05) is 27.9 Å². The molecule has 0 radical (unpaired) electrons. The number of rotatable bonds is 15. The fraction of sp³-hybridized carbons (Fsp3) is 0.0769. The summed E-state index contributed by atoms with van der Waals surface area (Å²) in [5.41, 5.74) is 0. The van der Waals surface area contributed by atoms with E-state index in [0.717, 1.165) is 6.66 Å². The van der Waals surface area contributed by atoms with Gasteiger partial charge >= 0.3 is 54.1 Å². The van der Waals surface area contributed by atoms with Crippen molar-refractivity contribution in [3.8, 4) is 28.7 Å². The highest BCUT2D eigenvalue weighted by atomic mass is 31.3. The maximum Gasteiger partial charge on any atom is 0.524 e. The fourth-order valence-electron chi connectivity index (χ4n) is 5.87. The van der Waals surface area contributed by atoms with E-state index in [-0.39, 0.29) is 11.1 Å². The SMILES string of the molecule is COc1ccc(P(=O)(O)c2ccc(OC)cc2)cc1.CP(=O)(O)O.CP(=O)(Oc1ccccc1)Oc1ccccc1.O=P(O)(O)O.O=P(O)(O)OP(=O)(O)O.O=P(O)(O)Oc1ccccc1.O=P(O)(O)c1ccccc1.O=P(O)(c1ccccc1)c1ccccc1. The Morgan fingerprint density at radius 2 is 0.473 bits per heavy atom. The fourth-order valence-corrected chi connectivity index (χ4v) is 11.8. The van der Waals surface area contributed by atoms with E-state index in [1.165, 1.54) is 30.9 Å². The number of hydrogen-bond acceptors (Lipinski definition) is 15. The summed E-state index contributed by atoms with van der Waals surface area (Å²) in [6.07, 6.45) is 0. The molecule has 0 saturated carbocycles. The maximum absolute atomic E-state index is 12.5. The molecule has 0 atom stereocenters. The van der Waals surface area contributed by atoms with Gasteiger partial charge in [0.25, 0.3) is 14.7 Å². The number of hydrogen-bond donors (Lipinski definition) is 15. The Morgan fingerprint density at radius 1 is 0.264 bits per heavy atom. The van der Waals surface area contributed by atoms with Gasteiger partial charge in [0.2, 0.25) is 0 Å². The predicted octanol–water partition coefficient (Wildman–Crippen LogP) is 7.50. The second-order valence-electron chi connectivity index (χ2n) is 17.0. The Balaban J connectivity index is 0.000000538. The normalized spacial score (nSPS) is 11.5. The van der Waals surface area contributed by atoms with Crippen LogP contribution in [0.4, 0.5) is 0 Å². The highest BCUT2D eigenvalue weighted by Crippen LogP contribution is 2.54. The average Bonchev–Trinajstić information content (AvgIpc) is 0.917. The van der Waals surface area contributed by atoms with Gasteiger partial charge in [0.15, 0.2) is 0 Å². The summed E-state index contributed by atoms with van der Waals surface area (Å²) in [5.74, 6) is 2.54. The van der Waals surface area contributed by atoms with Crippen LogP contribution in [-0.2, 0) is 45.4 Å². The molecule has 0 amide bonds. The molecule has 8 aromatic carbocycles. The van der Waals surface area contributed by atoms with E-state index >= 15 is 0 Å². The molecule has 0 unspecified atom stereocenters. The molecule has 0 aliphatic carbocycles. The predicted molar refractivity (Wildman–Crippen MR) is 339 cm³/mol. The van der Waals surface area contributed by atoms with Crippen molar-refractivity contribution >= 4 is 95.3 Å². The maximum atomic E-state index is 12.5. The van der Waals surface area contributed by atoms with E-state index in [1.54, 1.807) is 172 Å². The van der Waals surface area contributed by atoms with Crippen LogP contribution in [-0.4, -0.2) is 101 Å². The molecule has 15 N–H and O–H groups in total. The van der Waals surface area contributed by atoms with Crippen LogP contribution in [0.1, 0.15) is 0 Å². The summed E-state index contributed by atoms with van der Waals surface area (Å²) in [4.78, 5) is 122. The zero-order valence-electron chi connectivity index (χ0n) is 47.8. The smallest absolute Gasteiger partial charge is 0.497 e. The lowest BCUT2D eigenvalue weighted by Gasteiger charge is -2.15. The summed E-state index contributed by atoms with van der Waals surface area (Å²) in [6.45, 7) is 2.31. The quantitative estimate of drug-likeness (QED) is 0.0441. The van der Waals surface area contributed by atoms with Crippen LogP contribution < -0.4 is 49.6 Å². The van der Waals surface area contributed by atoms with Crippen LogP contribution in [0.2, 0.25) is 0 Å². The average molecular weight is 1450 g/mol. The summed E-state index contributed by atoms with van der Waals surface area (Å²) >= 11 is 0. The third-order valence-electron chi connectivity index (χ3n) is 9.36. The van der Waals surface area contributed by atoms with Gasteiger partial charge in [-0.2, -0.15) is 4.31 Å². The van der Waals surface area contributed by atoms with Gasteiger partial charge in [0.05, 0.1) is 26.2 Å². The Hall–Kier alpha value is -5.81. The van der Waals surface area contributed by atoms with Gasteiger partial charge < -0.3 is 86.7 Å². The molecular formula is C52H65O30P9. The van der Waals surface area contributed by atoms with Gasteiger partial charge in [-0.25, -0.2) is 22.8 Å². The number of methoxy groups -OCH3 is 2. The molecule has 498 valence electrons. The van der Waals surface area contributed by atoms with Gasteiger partial charge in [0.1, 0.15) is 28.7 Å². The van der Waals surface area contributed by atoms with Gasteiger partial charge in [-0.05, 0) is 121 Å². The largest absolute Gasteiger partial charge is 0.524 e. The highest BCUT2D eigenvalue weighted by Gasteiger charge is 2.28. The Labute approximate surface area is 521 Å². The van der Waals surface area contributed by atoms with Crippen molar-refractivity contribution in [2.24, 2.45) is 0 Å². The first-order valence-corrected chi connectivity index (χ1v) is 39.6. The number of phosphoric ester groups is 1. The van der Waals surface area contributed by atoms with E-state index in [1.807, 2.05) is 48.5 Å². The molecule has 39 heteroatoms. The van der Waals surface area contributed by atoms with E-state index in [2.05, 4.69) is 8.83 Å². The van der Waals surface area contributed by atoms with Crippen LogP contribution in [0.15, 0.2) is 231 Å². The van der Waals surface area contributed by atoms with Crippen molar-refractivity contribution in [3.05, 3.63) is 231 Å². The van der Waals surface area contributed by atoms with E-state index in [0.29, 0.717) is 44.2 Å². The van der Waals surface area contributed by atoms with Crippen molar-refractivity contribution in [1.82, 2.24) is 0 Å². The molecule has 0 aliphatic heterocycles. The van der Waals surface area contributed by atoms with Gasteiger partial charge in [-0.3, -0.25) is 28.0 Å². The first-order chi connectivity index (χ1) is 41.8. The van der Waals surface area contributed by atoms with E-state index in [9.17, 15) is 46.3 Å². The molecule has 0 fully saturated rings. The van der Waals surface area contributed by atoms with Crippen LogP contribution in [0.5, 0.6) is 28.7 Å². The number of phosphoric acid groups is 4. The van der Waals surface area contributed by atoms with E-state index in [4.69, 9.17) is 86.7 Å². The minimum absolute atomic E-state index is 0.0648. The molecule has 0 aromatic heterocycles. The van der Waals surface area contributed by atoms with Crippen molar-refractivity contribution in [2.75, 3.05) is 27.5 Å². The topological polar surface area (TPSA) is 512 Å². The molecule has 0 heterocycles. The van der Waals surface area contributed by atoms with Crippen molar-refractivity contribution in [2.45, 2.75) is 0 Å². The van der Waals surface area contributed by atoms with Crippen LogP contribution in [0, 0.1) is 0 Å². The molecular weight excluding hydrogens is 1380 g/mol.